The lowest BCUT2D eigenvalue weighted by atomic mass is 10.0. The average Bonchev–Trinajstić information content (AvgIpc) is 2.35. The van der Waals surface area contributed by atoms with Crippen LogP contribution in [0.3, 0.4) is 0 Å². The molecule has 4 heteroatoms. The number of fused-ring (bicyclic) bond motifs is 1. The van der Waals surface area contributed by atoms with Gasteiger partial charge in [-0.05, 0) is 30.7 Å². The van der Waals surface area contributed by atoms with E-state index in [4.69, 9.17) is 4.74 Å². The number of nitrogens with one attached hydrogen (secondary N) is 2. The quantitative estimate of drug-likeness (QED) is 0.838. The number of hydrogen-bond acceptors (Lipinski definition) is 3. The van der Waals surface area contributed by atoms with Crippen LogP contribution >= 0.6 is 0 Å². The van der Waals surface area contributed by atoms with Gasteiger partial charge in [0, 0.05) is 6.04 Å². The highest BCUT2D eigenvalue weighted by molar-refractivity contribution is 5.95. The predicted octanol–water partition coefficient (Wildman–Crippen LogP) is 2.08. The third kappa shape index (κ3) is 2.58. The van der Waals surface area contributed by atoms with Gasteiger partial charge in [-0.3, -0.25) is 4.79 Å². The number of rotatable bonds is 4. The molecule has 2 N–H and O–H groups in total. The average molecular weight is 234 g/mol. The third-order valence-corrected chi connectivity index (χ3v) is 2.90. The Morgan fingerprint density at radius 3 is 3.00 bits per heavy atom. The summed E-state index contributed by atoms with van der Waals surface area (Å²) < 4.78 is 5.33. The Kier molecular flexibility index (Phi) is 3.64. The highest BCUT2D eigenvalue weighted by Crippen LogP contribution is 2.31. The first-order chi connectivity index (χ1) is 8.24. The minimum Gasteiger partial charge on any atom is -0.482 e. The smallest absolute Gasteiger partial charge is 0.262 e. The SMILES string of the molecule is CCNC(CC)c1ccc2c(c1)NC(=O)CO2. The second-order valence-corrected chi connectivity index (χ2v) is 4.11. The first-order valence-corrected chi connectivity index (χ1v) is 6.04. The van der Waals surface area contributed by atoms with Gasteiger partial charge in [0.05, 0.1) is 5.69 Å². The van der Waals surface area contributed by atoms with Gasteiger partial charge in [-0.25, -0.2) is 0 Å². The van der Waals surface area contributed by atoms with Crippen LogP contribution < -0.4 is 15.4 Å². The number of amides is 1. The van der Waals surface area contributed by atoms with Crippen molar-refractivity contribution in [3.05, 3.63) is 23.8 Å². The lowest BCUT2D eigenvalue weighted by Crippen LogP contribution is -2.26. The Labute approximate surface area is 101 Å². The Morgan fingerprint density at radius 1 is 1.47 bits per heavy atom. The van der Waals surface area contributed by atoms with Crippen molar-refractivity contribution in [1.29, 1.82) is 0 Å². The number of hydrogen-bond donors (Lipinski definition) is 2. The van der Waals surface area contributed by atoms with Crippen molar-refractivity contribution in [2.75, 3.05) is 18.5 Å². The summed E-state index contributed by atoms with van der Waals surface area (Å²) in [5.41, 5.74) is 1.95. The van der Waals surface area contributed by atoms with Crippen LogP contribution in [0.1, 0.15) is 31.9 Å². The third-order valence-electron chi connectivity index (χ3n) is 2.90. The molecule has 17 heavy (non-hydrogen) atoms. The number of ether oxygens (including phenoxy) is 1. The monoisotopic (exact) mass is 234 g/mol. The van der Waals surface area contributed by atoms with Crippen LogP contribution in [-0.4, -0.2) is 19.1 Å². The predicted molar refractivity (Wildman–Crippen MR) is 67.3 cm³/mol. The molecule has 0 bridgehead atoms. The summed E-state index contributed by atoms with van der Waals surface area (Å²) in [6.45, 7) is 5.27. The van der Waals surface area contributed by atoms with Gasteiger partial charge in [-0.15, -0.1) is 0 Å². The van der Waals surface area contributed by atoms with Crippen LogP contribution in [-0.2, 0) is 4.79 Å². The van der Waals surface area contributed by atoms with Gasteiger partial charge >= 0.3 is 0 Å². The zero-order valence-corrected chi connectivity index (χ0v) is 10.2. The minimum absolute atomic E-state index is 0.0915. The van der Waals surface area contributed by atoms with E-state index in [1.807, 2.05) is 18.2 Å². The number of carbonyl (C=O) groups is 1. The molecule has 0 aromatic heterocycles. The van der Waals surface area contributed by atoms with Crippen LogP contribution in [0.2, 0.25) is 0 Å². The molecule has 4 nitrogen and oxygen atoms in total. The minimum atomic E-state index is -0.0915. The zero-order valence-electron chi connectivity index (χ0n) is 10.2. The molecule has 0 saturated heterocycles. The van der Waals surface area contributed by atoms with E-state index in [1.54, 1.807) is 0 Å². The highest BCUT2D eigenvalue weighted by Gasteiger charge is 2.17. The summed E-state index contributed by atoms with van der Waals surface area (Å²) in [4.78, 5) is 11.3. The maximum absolute atomic E-state index is 11.3. The van der Waals surface area contributed by atoms with E-state index in [0.717, 1.165) is 24.4 Å². The molecular weight excluding hydrogens is 216 g/mol. The van der Waals surface area contributed by atoms with Crippen LogP contribution in [0.5, 0.6) is 5.75 Å². The van der Waals surface area contributed by atoms with Crippen LogP contribution in [0, 0.1) is 0 Å². The summed E-state index contributed by atoms with van der Waals surface area (Å²) in [7, 11) is 0. The normalized spacial score (nSPS) is 15.8. The summed E-state index contributed by atoms with van der Waals surface area (Å²) in [5.74, 6) is 0.658. The van der Waals surface area contributed by atoms with E-state index in [2.05, 4.69) is 24.5 Å². The highest BCUT2D eigenvalue weighted by atomic mass is 16.5. The topological polar surface area (TPSA) is 50.4 Å². The number of anilines is 1. The van der Waals surface area contributed by atoms with Gasteiger partial charge in [0.25, 0.3) is 5.91 Å². The molecule has 1 aromatic rings. The van der Waals surface area contributed by atoms with Crippen molar-refractivity contribution in [2.45, 2.75) is 26.3 Å². The molecule has 1 aliphatic heterocycles. The van der Waals surface area contributed by atoms with E-state index >= 15 is 0 Å². The standard InChI is InChI=1S/C13H18N2O2/c1-3-10(14-4-2)9-5-6-12-11(7-9)15-13(16)8-17-12/h5-7,10,14H,3-4,8H2,1-2H3,(H,15,16). The van der Waals surface area contributed by atoms with Gasteiger partial charge < -0.3 is 15.4 Å². The van der Waals surface area contributed by atoms with E-state index in [9.17, 15) is 4.79 Å². The fourth-order valence-electron chi connectivity index (χ4n) is 2.06. The van der Waals surface area contributed by atoms with Gasteiger partial charge in [-0.2, -0.15) is 0 Å². The molecule has 1 aromatic carbocycles. The van der Waals surface area contributed by atoms with Crippen LogP contribution in [0.25, 0.3) is 0 Å². The van der Waals surface area contributed by atoms with Crippen molar-refractivity contribution in [3.63, 3.8) is 0 Å². The van der Waals surface area contributed by atoms with E-state index in [0.29, 0.717) is 6.04 Å². The van der Waals surface area contributed by atoms with Gasteiger partial charge in [0.15, 0.2) is 6.61 Å². The molecule has 1 amide bonds. The van der Waals surface area contributed by atoms with Crippen molar-refractivity contribution >= 4 is 11.6 Å². The summed E-state index contributed by atoms with van der Waals surface area (Å²) in [5, 5.41) is 6.24. The molecule has 1 unspecified atom stereocenters. The van der Waals surface area contributed by atoms with E-state index < -0.39 is 0 Å². The Hall–Kier alpha value is -1.55. The molecule has 0 fully saturated rings. The molecule has 1 heterocycles. The summed E-state index contributed by atoms with van der Waals surface area (Å²) in [6, 6.07) is 6.28. The maximum atomic E-state index is 11.3. The zero-order chi connectivity index (χ0) is 12.3. The maximum Gasteiger partial charge on any atom is 0.262 e. The van der Waals surface area contributed by atoms with Crippen LogP contribution in [0.4, 0.5) is 5.69 Å². The van der Waals surface area contributed by atoms with Crippen molar-refractivity contribution in [3.8, 4) is 5.75 Å². The molecule has 1 aliphatic rings. The summed E-state index contributed by atoms with van der Waals surface area (Å²) in [6.07, 6.45) is 1.02. The fourth-order valence-corrected chi connectivity index (χ4v) is 2.06. The number of benzene rings is 1. The van der Waals surface area contributed by atoms with Crippen molar-refractivity contribution in [1.82, 2.24) is 5.32 Å². The molecular formula is C13H18N2O2. The lowest BCUT2D eigenvalue weighted by molar-refractivity contribution is -0.118. The van der Waals surface area contributed by atoms with Gasteiger partial charge in [0.1, 0.15) is 5.75 Å². The van der Waals surface area contributed by atoms with E-state index in [1.165, 1.54) is 5.56 Å². The molecule has 0 radical (unpaired) electrons. The second-order valence-electron chi connectivity index (χ2n) is 4.11. The molecule has 92 valence electrons. The Bertz CT molecular complexity index is 418. The first kappa shape index (κ1) is 11.9. The van der Waals surface area contributed by atoms with Crippen LogP contribution in [0.15, 0.2) is 18.2 Å². The van der Waals surface area contributed by atoms with Gasteiger partial charge in [0.2, 0.25) is 0 Å². The fraction of sp³-hybridized carbons (Fsp3) is 0.462. The molecule has 0 spiro atoms. The Balaban J connectivity index is 2.25. The molecule has 2 rings (SSSR count). The molecule has 0 aliphatic carbocycles. The molecule has 0 saturated carbocycles. The van der Waals surface area contributed by atoms with Crippen molar-refractivity contribution < 1.29 is 9.53 Å². The molecule has 1 atom stereocenters. The largest absolute Gasteiger partial charge is 0.482 e. The Morgan fingerprint density at radius 2 is 2.29 bits per heavy atom. The van der Waals surface area contributed by atoms with Crippen molar-refractivity contribution in [2.24, 2.45) is 0 Å². The first-order valence-electron chi connectivity index (χ1n) is 6.04. The number of carbonyl (C=O) groups excluding carboxylic acids is 1. The second kappa shape index (κ2) is 5.19. The van der Waals surface area contributed by atoms with E-state index in [-0.39, 0.29) is 12.5 Å². The van der Waals surface area contributed by atoms with Gasteiger partial charge in [-0.1, -0.05) is 19.9 Å². The lowest BCUT2D eigenvalue weighted by Gasteiger charge is -2.21. The summed E-state index contributed by atoms with van der Waals surface area (Å²) >= 11 is 0.